The first-order chi connectivity index (χ1) is 13.6. The van der Waals surface area contributed by atoms with E-state index in [0.717, 1.165) is 0 Å². The lowest BCUT2D eigenvalue weighted by molar-refractivity contribution is -0.123. The van der Waals surface area contributed by atoms with E-state index < -0.39 is 30.5 Å². The van der Waals surface area contributed by atoms with Crippen LogP contribution in [-0.2, 0) is 4.74 Å². The van der Waals surface area contributed by atoms with Crippen LogP contribution in [0.1, 0.15) is 43.8 Å². The van der Waals surface area contributed by atoms with E-state index in [2.05, 4.69) is 10.3 Å². The number of pyridine rings is 1. The molecule has 0 radical (unpaired) electrons. The second-order valence-corrected chi connectivity index (χ2v) is 5.85. The molecule has 0 aliphatic carbocycles. The quantitative estimate of drug-likeness (QED) is 0.715. The first kappa shape index (κ1) is 21.9. The molecule has 0 bridgehead atoms. The Balaban J connectivity index is 2.18. The van der Waals surface area contributed by atoms with Gasteiger partial charge in [-0.05, 0) is 38.1 Å². The van der Waals surface area contributed by atoms with Gasteiger partial charge in [-0.25, -0.2) is 9.78 Å². The van der Waals surface area contributed by atoms with E-state index in [1.807, 2.05) is 0 Å². The van der Waals surface area contributed by atoms with E-state index in [1.165, 1.54) is 43.3 Å². The van der Waals surface area contributed by atoms with Gasteiger partial charge in [0.1, 0.15) is 12.2 Å². The van der Waals surface area contributed by atoms with Gasteiger partial charge in [0, 0.05) is 0 Å². The molecule has 1 aromatic carbocycles. The third kappa shape index (κ3) is 6.03. The summed E-state index contributed by atoms with van der Waals surface area (Å²) in [6.45, 7) is 1.88. The number of aromatic nitrogens is 1. The molecule has 0 aliphatic heterocycles. The zero-order valence-corrected chi connectivity index (χ0v) is 15.6. The van der Waals surface area contributed by atoms with Crippen LogP contribution in [0.5, 0.6) is 0 Å². The topological polar surface area (TPSA) is 97.4 Å². The number of carbonyl (C=O) groups excluding carboxylic acids is 3. The average molecular weight is 409 g/mol. The van der Waals surface area contributed by atoms with Crippen molar-refractivity contribution in [3.63, 3.8) is 0 Å². The molecular formula is C19H18F3N3O4. The minimum absolute atomic E-state index is 0.0195. The molecule has 154 valence electrons. The molecule has 1 heterocycles. The number of ether oxygens (including phenoxy) is 1. The zero-order valence-electron chi connectivity index (χ0n) is 15.6. The second kappa shape index (κ2) is 9.18. The third-order valence-electron chi connectivity index (χ3n) is 3.68. The molecule has 0 aliphatic rings. The van der Waals surface area contributed by atoms with Crippen molar-refractivity contribution >= 4 is 23.5 Å². The van der Waals surface area contributed by atoms with Crippen LogP contribution in [0.2, 0.25) is 0 Å². The van der Waals surface area contributed by atoms with Gasteiger partial charge in [-0.15, -0.1) is 0 Å². The molecule has 1 aromatic heterocycles. The molecule has 0 saturated carbocycles. The molecule has 2 amide bonds. The van der Waals surface area contributed by atoms with Crippen molar-refractivity contribution in [3.8, 4) is 0 Å². The summed E-state index contributed by atoms with van der Waals surface area (Å²) < 4.78 is 41.8. The Labute approximate surface area is 164 Å². The number of para-hydroxylation sites is 1. The molecule has 0 unspecified atom stereocenters. The molecule has 2 aromatic rings. The van der Waals surface area contributed by atoms with Crippen LogP contribution < -0.4 is 10.6 Å². The van der Waals surface area contributed by atoms with Gasteiger partial charge in [0.05, 0.1) is 29.1 Å². The van der Waals surface area contributed by atoms with Crippen molar-refractivity contribution in [2.45, 2.75) is 20.0 Å². The zero-order chi connectivity index (χ0) is 21.6. The number of alkyl halides is 3. The molecule has 0 atom stereocenters. The predicted molar refractivity (Wildman–Crippen MR) is 97.7 cm³/mol. The van der Waals surface area contributed by atoms with E-state index in [1.54, 1.807) is 12.2 Å². The van der Waals surface area contributed by atoms with Crippen molar-refractivity contribution in [2.75, 3.05) is 18.5 Å². The largest absolute Gasteiger partial charge is 0.462 e. The van der Waals surface area contributed by atoms with E-state index in [4.69, 9.17) is 4.74 Å². The highest BCUT2D eigenvalue weighted by Gasteiger charge is 2.28. The number of amides is 2. The highest BCUT2D eigenvalue weighted by Crippen LogP contribution is 2.18. The Morgan fingerprint density at radius 3 is 2.34 bits per heavy atom. The number of halogens is 3. The van der Waals surface area contributed by atoms with Gasteiger partial charge in [0.2, 0.25) is 0 Å². The molecule has 0 spiro atoms. The number of hydrogen-bond donors (Lipinski definition) is 2. The Morgan fingerprint density at radius 2 is 1.72 bits per heavy atom. The summed E-state index contributed by atoms with van der Waals surface area (Å²) in [4.78, 5) is 40.4. The number of nitrogens with zero attached hydrogens (tertiary/aromatic N) is 1. The van der Waals surface area contributed by atoms with Gasteiger partial charge < -0.3 is 15.4 Å². The monoisotopic (exact) mass is 409 g/mol. The predicted octanol–water partition coefficient (Wildman–Crippen LogP) is 3.11. The van der Waals surface area contributed by atoms with Crippen molar-refractivity contribution in [2.24, 2.45) is 0 Å². The van der Waals surface area contributed by atoms with Gasteiger partial charge in [0.25, 0.3) is 11.8 Å². The Morgan fingerprint density at radius 1 is 1.03 bits per heavy atom. The number of rotatable bonds is 6. The number of anilines is 1. The van der Waals surface area contributed by atoms with Gasteiger partial charge in [-0.2, -0.15) is 13.2 Å². The number of hydrogen-bond acceptors (Lipinski definition) is 5. The standard InChI is InChI=1S/C19H18F3N3O4/c1-3-29-18(28)12-8-9-15(24-11(12)2)17(27)25-14-7-5-4-6-13(14)16(26)23-10-19(20,21)22/h4-9H,3,10H2,1-2H3,(H,23,26)(H,25,27). The number of benzene rings is 1. The summed E-state index contributed by atoms with van der Waals surface area (Å²) in [6.07, 6.45) is -4.56. The van der Waals surface area contributed by atoms with Gasteiger partial charge in [-0.1, -0.05) is 12.1 Å². The summed E-state index contributed by atoms with van der Waals surface area (Å²) in [5.41, 5.74) is 0.319. The summed E-state index contributed by atoms with van der Waals surface area (Å²) in [5.74, 6) is -2.25. The molecule has 2 rings (SSSR count). The molecular weight excluding hydrogens is 391 g/mol. The molecule has 7 nitrogen and oxygen atoms in total. The molecule has 2 N–H and O–H groups in total. The van der Waals surface area contributed by atoms with E-state index >= 15 is 0 Å². The van der Waals surface area contributed by atoms with E-state index in [9.17, 15) is 27.6 Å². The minimum Gasteiger partial charge on any atom is -0.462 e. The van der Waals surface area contributed by atoms with Crippen LogP contribution >= 0.6 is 0 Å². The fourth-order valence-electron chi connectivity index (χ4n) is 2.36. The average Bonchev–Trinajstić information content (AvgIpc) is 2.66. The van der Waals surface area contributed by atoms with Gasteiger partial charge in [0.15, 0.2) is 0 Å². The van der Waals surface area contributed by atoms with Crippen LogP contribution in [0.3, 0.4) is 0 Å². The Hall–Kier alpha value is -3.43. The maximum Gasteiger partial charge on any atom is 0.405 e. The number of aryl methyl sites for hydroxylation is 1. The lowest BCUT2D eigenvalue weighted by atomic mass is 10.1. The number of carbonyl (C=O) groups is 3. The fraction of sp³-hybridized carbons (Fsp3) is 0.263. The summed E-state index contributed by atoms with van der Waals surface area (Å²) in [6, 6.07) is 8.32. The van der Waals surface area contributed by atoms with Crippen molar-refractivity contribution < 1.29 is 32.3 Å². The van der Waals surface area contributed by atoms with Crippen LogP contribution in [0.25, 0.3) is 0 Å². The highest BCUT2D eigenvalue weighted by atomic mass is 19.4. The van der Waals surface area contributed by atoms with Crippen LogP contribution in [0, 0.1) is 6.92 Å². The molecule has 29 heavy (non-hydrogen) atoms. The second-order valence-electron chi connectivity index (χ2n) is 5.85. The lowest BCUT2D eigenvalue weighted by Gasteiger charge is -2.13. The van der Waals surface area contributed by atoms with Gasteiger partial charge >= 0.3 is 12.1 Å². The normalized spacial score (nSPS) is 10.9. The maximum absolute atomic E-state index is 12.5. The fourth-order valence-corrected chi connectivity index (χ4v) is 2.36. The smallest absolute Gasteiger partial charge is 0.405 e. The lowest BCUT2D eigenvalue weighted by Crippen LogP contribution is -2.34. The van der Waals surface area contributed by atoms with Gasteiger partial charge in [-0.3, -0.25) is 9.59 Å². The first-order valence-electron chi connectivity index (χ1n) is 8.52. The minimum atomic E-state index is -4.56. The molecule has 0 fully saturated rings. The SMILES string of the molecule is CCOC(=O)c1ccc(C(=O)Nc2ccccc2C(=O)NCC(F)(F)F)nc1C. The highest BCUT2D eigenvalue weighted by molar-refractivity contribution is 6.08. The summed E-state index contributed by atoms with van der Waals surface area (Å²) in [5, 5.41) is 4.20. The first-order valence-corrected chi connectivity index (χ1v) is 8.52. The maximum atomic E-state index is 12.5. The third-order valence-corrected chi connectivity index (χ3v) is 3.68. The van der Waals surface area contributed by atoms with Crippen molar-refractivity contribution in [1.82, 2.24) is 10.3 Å². The van der Waals surface area contributed by atoms with Crippen LogP contribution in [-0.4, -0.2) is 42.1 Å². The summed E-state index contributed by atoms with van der Waals surface area (Å²) in [7, 11) is 0. The Kier molecular flexibility index (Phi) is 6.92. The number of esters is 1. The molecule has 10 heteroatoms. The van der Waals surface area contributed by atoms with E-state index in [-0.39, 0.29) is 34.8 Å². The van der Waals surface area contributed by atoms with Crippen molar-refractivity contribution in [3.05, 3.63) is 58.9 Å². The Bertz CT molecular complexity index is 929. The summed E-state index contributed by atoms with van der Waals surface area (Å²) >= 11 is 0. The van der Waals surface area contributed by atoms with Crippen LogP contribution in [0.15, 0.2) is 36.4 Å². The molecule has 0 saturated heterocycles. The van der Waals surface area contributed by atoms with Crippen LogP contribution in [0.4, 0.5) is 18.9 Å². The van der Waals surface area contributed by atoms with E-state index in [0.29, 0.717) is 0 Å². The number of nitrogens with one attached hydrogen (secondary N) is 2. The van der Waals surface area contributed by atoms with Crippen molar-refractivity contribution in [1.29, 1.82) is 0 Å².